The molecular formula is C11H13IO3. The molecule has 1 aromatic rings. The van der Waals surface area contributed by atoms with Crippen molar-refractivity contribution in [3.8, 4) is 5.75 Å². The third kappa shape index (κ3) is 3.37. The fourth-order valence-electron chi connectivity index (χ4n) is 1.07. The summed E-state index contributed by atoms with van der Waals surface area (Å²) in [6.45, 7) is 3.66. The van der Waals surface area contributed by atoms with E-state index in [1.807, 2.05) is 13.8 Å². The SMILES string of the molecule is COc1ccc(C(=O)OC(C)C)c(I)c1. The fourth-order valence-corrected chi connectivity index (χ4v) is 1.77. The van der Waals surface area contributed by atoms with Crippen LogP contribution in [0, 0.1) is 3.57 Å². The van der Waals surface area contributed by atoms with Gasteiger partial charge in [0, 0.05) is 3.57 Å². The summed E-state index contributed by atoms with van der Waals surface area (Å²) in [5, 5.41) is 0. The molecule has 4 heteroatoms. The predicted octanol–water partition coefficient (Wildman–Crippen LogP) is 2.87. The number of halogens is 1. The number of rotatable bonds is 3. The molecule has 0 heterocycles. The maximum atomic E-state index is 11.6. The minimum atomic E-state index is -0.294. The van der Waals surface area contributed by atoms with Crippen LogP contribution >= 0.6 is 22.6 Å². The normalized spacial score (nSPS) is 10.2. The Hall–Kier alpha value is -0.780. The van der Waals surface area contributed by atoms with E-state index in [1.165, 1.54) is 0 Å². The number of hydrogen-bond acceptors (Lipinski definition) is 3. The second-order valence-electron chi connectivity index (χ2n) is 3.30. The Labute approximate surface area is 103 Å². The highest BCUT2D eigenvalue weighted by atomic mass is 127. The maximum Gasteiger partial charge on any atom is 0.339 e. The molecule has 0 spiro atoms. The van der Waals surface area contributed by atoms with Crippen LogP contribution in [0.5, 0.6) is 5.75 Å². The van der Waals surface area contributed by atoms with Gasteiger partial charge in [-0.2, -0.15) is 0 Å². The topological polar surface area (TPSA) is 35.5 Å². The van der Waals surface area contributed by atoms with Crippen molar-refractivity contribution in [3.63, 3.8) is 0 Å². The fraction of sp³-hybridized carbons (Fsp3) is 0.364. The number of benzene rings is 1. The van der Waals surface area contributed by atoms with E-state index in [4.69, 9.17) is 9.47 Å². The van der Waals surface area contributed by atoms with Gasteiger partial charge in [-0.05, 0) is 54.6 Å². The Bertz CT molecular complexity index is 361. The van der Waals surface area contributed by atoms with Crippen LogP contribution in [-0.4, -0.2) is 19.2 Å². The first-order chi connectivity index (χ1) is 7.04. The molecule has 0 amide bonds. The predicted molar refractivity (Wildman–Crippen MR) is 66.3 cm³/mol. The zero-order chi connectivity index (χ0) is 11.4. The van der Waals surface area contributed by atoms with Crippen LogP contribution in [0.25, 0.3) is 0 Å². The van der Waals surface area contributed by atoms with Gasteiger partial charge in [0.2, 0.25) is 0 Å². The van der Waals surface area contributed by atoms with E-state index < -0.39 is 0 Å². The minimum Gasteiger partial charge on any atom is -0.497 e. The quantitative estimate of drug-likeness (QED) is 0.635. The average Bonchev–Trinajstić information content (AvgIpc) is 2.16. The third-order valence-electron chi connectivity index (χ3n) is 1.74. The standard InChI is InChI=1S/C11H13IO3/c1-7(2)15-11(13)9-5-4-8(14-3)6-10(9)12/h4-7H,1-3H3. The lowest BCUT2D eigenvalue weighted by Gasteiger charge is -2.09. The molecular weight excluding hydrogens is 307 g/mol. The van der Waals surface area contributed by atoms with E-state index in [1.54, 1.807) is 25.3 Å². The Morgan fingerprint density at radius 1 is 1.40 bits per heavy atom. The van der Waals surface area contributed by atoms with Crippen molar-refractivity contribution < 1.29 is 14.3 Å². The lowest BCUT2D eigenvalue weighted by molar-refractivity contribution is 0.0376. The van der Waals surface area contributed by atoms with Crippen LogP contribution in [0.1, 0.15) is 24.2 Å². The van der Waals surface area contributed by atoms with Crippen LogP contribution in [-0.2, 0) is 4.74 Å². The van der Waals surface area contributed by atoms with Crippen LogP contribution < -0.4 is 4.74 Å². The van der Waals surface area contributed by atoms with Crippen LogP contribution in [0.15, 0.2) is 18.2 Å². The van der Waals surface area contributed by atoms with E-state index in [0.717, 1.165) is 9.32 Å². The van der Waals surface area contributed by atoms with Gasteiger partial charge >= 0.3 is 5.97 Å². The molecule has 0 N–H and O–H groups in total. The number of esters is 1. The van der Waals surface area contributed by atoms with Crippen molar-refractivity contribution in [1.29, 1.82) is 0 Å². The first-order valence-electron chi connectivity index (χ1n) is 4.59. The molecule has 0 bridgehead atoms. The molecule has 0 saturated heterocycles. The molecule has 0 aliphatic heterocycles. The van der Waals surface area contributed by atoms with Gasteiger partial charge < -0.3 is 9.47 Å². The molecule has 0 aromatic heterocycles. The lowest BCUT2D eigenvalue weighted by Crippen LogP contribution is -2.12. The Kier molecular flexibility index (Phi) is 4.38. The third-order valence-corrected chi connectivity index (χ3v) is 2.63. The highest BCUT2D eigenvalue weighted by Gasteiger charge is 2.13. The summed E-state index contributed by atoms with van der Waals surface area (Å²) in [7, 11) is 1.59. The van der Waals surface area contributed by atoms with Crippen molar-refractivity contribution in [2.75, 3.05) is 7.11 Å². The van der Waals surface area contributed by atoms with Gasteiger partial charge in [-0.3, -0.25) is 0 Å². The monoisotopic (exact) mass is 320 g/mol. The van der Waals surface area contributed by atoms with E-state index in [0.29, 0.717) is 5.56 Å². The molecule has 0 atom stereocenters. The second kappa shape index (κ2) is 5.34. The minimum absolute atomic E-state index is 0.101. The van der Waals surface area contributed by atoms with E-state index in [-0.39, 0.29) is 12.1 Å². The maximum absolute atomic E-state index is 11.6. The molecule has 0 aliphatic carbocycles. The molecule has 0 radical (unpaired) electrons. The van der Waals surface area contributed by atoms with Crippen molar-refractivity contribution in [3.05, 3.63) is 27.3 Å². The first kappa shape index (κ1) is 12.3. The molecule has 15 heavy (non-hydrogen) atoms. The van der Waals surface area contributed by atoms with Gasteiger partial charge in [0.15, 0.2) is 0 Å². The molecule has 0 fully saturated rings. The number of carbonyl (C=O) groups is 1. The van der Waals surface area contributed by atoms with Crippen LogP contribution in [0.2, 0.25) is 0 Å². The first-order valence-corrected chi connectivity index (χ1v) is 5.67. The largest absolute Gasteiger partial charge is 0.497 e. The number of hydrogen-bond donors (Lipinski definition) is 0. The second-order valence-corrected chi connectivity index (χ2v) is 4.46. The summed E-state index contributed by atoms with van der Waals surface area (Å²) in [6, 6.07) is 5.27. The Balaban J connectivity index is 2.90. The Morgan fingerprint density at radius 2 is 2.07 bits per heavy atom. The average molecular weight is 320 g/mol. The van der Waals surface area contributed by atoms with Crippen molar-refractivity contribution >= 4 is 28.6 Å². The summed E-state index contributed by atoms with van der Waals surface area (Å²) in [5.74, 6) is 0.442. The van der Waals surface area contributed by atoms with Gasteiger partial charge in [0.1, 0.15) is 5.75 Å². The molecule has 0 aliphatic rings. The summed E-state index contributed by atoms with van der Waals surface area (Å²) in [4.78, 5) is 11.6. The van der Waals surface area contributed by atoms with Crippen molar-refractivity contribution in [2.45, 2.75) is 20.0 Å². The van der Waals surface area contributed by atoms with Crippen molar-refractivity contribution in [2.24, 2.45) is 0 Å². The summed E-state index contributed by atoms with van der Waals surface area (Å²) in [5.41, 5.74) is 0.574. The zero-order valence-corrected chi connectivity index (χ0v) is 11.1. The van der Waals surface area contributed by atoms with Gasteiger partial charge in [0.25, 0.3) is 0 Å². The molecule has 0 saturated carbocycles. The lowest BCUT2D eigenvalue weighted by atomic mass is 10.2. The van der Waals surface area contributed by atoms with Crippen LogP contribution in [0.4, 0.5) is 0 Å². The number of ether oxygens (including phenoxy) is 2. The highest BCUT2D eigenvalue weighted by Crippen LogP contribution is 2.20. The van der Waals surface area contributed by atoms with E-state index in [9.17, 15) is 4.79 Å². The molecule has 1 aromatic carbocycles. The molecule has 3 nitrogen and oxygen atoms in total. The van der Waals surface area contributed by atoms with Gasteiger partial charge in [-0.15, -0.1) is 0 Å². The van der Waals surface area contributed by atoms with E-state index >= 15 is 0 Å². The summed E-state index contributed by atoms with van der Waals surface area (Å²) in [6.07, 6.45) is -0.101. The molecule has 1 rings (SSSR count). The highest BCUT2D eigenvalue weighted by molar-refractivity contribution is 14.1. The number of carbonyl (C=O) groups excluding carboxylic acids is 1. The van der Waals surface area contributed by atoms with E-state index in [2.05, 4.69) is 22.6 Å². The Morgan fingerprint density at radius 3 is 2.53 bits per heavy atom. The zero-order valence-electron chi connectivity index (χ0n) is 8.91. The van der Waals surface area contributed by atoms with Crippen molar-refractivity contribution in [1.82, 2.24) is 0 Å². The van der Waals surface area contributed by atoms with Crippen LogP contribution in [0.3, 0.4) is 0 Å². The van der Waals surface area contributed by atoms with Gasteiger partial charge in [-0.25, -0.2) is 4.79 Å². The summed E-state index contributed by atoms with van der Waals surface area (Å²) < 4.78 is 11.0. The molecule has 0 unspecified atom stereocenters. The summed E-state index contributed by atoms with van der Waals surface area (Å²) >= 11 is 2.09. The number of methoxy groups -OCH3 is 1. The molecule has 82 valence electrons. The van der Waals surface area contributed by atoms with Gasteiger partial charge in [0.05, 0.1) is 18.8 Å². The smallest absolute Gasteiger partial charge is 0.339 e. The van der Waals surface area contributed by atoms with Gasteiger partial charge in [-0.1, -0.05) is 0 Å².